The second kappa shape index (κ2) is 7.92. The van der Waals surface area contributed by atoms with Crippen LogP contribution in [0.25, 0.3) is 0 Å². The fourth-order valence-corrected chi connectivity index (χ4v) is 3.81. The van der Waals surface area contributed by atoms with E-state index in [1.807, 2.05) is 54.6 Å². The summed E-state index contributed by atoms with van der Waals surface area (Å²) in [6, 6.07) is 17.7. The Kier molecular flexibility index (Phi) is 5.61. The van der Waals surface area contributed by atoms with Gasteiger partial charge in [-0.2, -0.15) is 0 Å². The highest BCUT2D eigenvalue weighted by atomic mass is 16.5. The van der Waals surface area contributed by atoms with Crippen LogP contribution in [0.15, 0.2) is 54.6 Å². The van der Waals surface area contributed by atoms with Gasteiger partial charge in [0, 0.05) is 39.9 Å². The lowest BCUT2D eigenvalue weighted by molar-refractivity contribution is -0.135. The number of fused-ring (bicyclic) bond motifs is 1. The van der Waals surface area contributed by atoms with E-state index in [-0.39, 0.29) is 18.2 Å². The predicted octanol–water partition coefficient (Wildman–Crippen LogP) is 2.64. The van der Waals surface area contributed by atoms with Gasteiger partial charge in [0.05, 0.1) is 12.0 Å². The maximum Gasteiger partial charge on any atom is 0.238 e. The van der Waals surface area contributed by atoms with Crippen molar-refractivity contribution in [3.8, 4) is 0 Å². The molecule has 2 aromatic rings. The van der Waals surface area contributed by atoms with Crippen LogP contribution in [0.4, 0.5) is 5.69 Å². The van der Waals surface area contributed by atoms with Crippen molar-refractivity contribution in [3.05, 3.63) is 65.7 Å². The number of hydrogen-bond acceptors (Lipinski definition) is 3. The minimum atomic E-state index is -0.884. The maximum absolute atomic E-state index is 13.4. The molecule has 0 saturated carbocycles. The number of ether oxygens (including phenoxy) is 1. The molecule has 2 amide bonds. The number of anilines is 1. The van der Waals surface area contributed by atoms with Crippen molar-refractivity contribution in [1.29, 1.82) is 0 Å². The average molecular weight is 366 g/mol. The molecular weight excluding hydrogens is 340 g/mol. The van der Waals surface area contributed by atoms with E-state index in [0.717, 1.165) is 16.8 Å². The standard InChI is InChI=1S/C22H26N2O3/c1-23(13-14-27-3)20(25)16-22(15-17-9-5-4-6-10-17)18-11-7-8-12-19(18)24(2)21(22)26/h4-12H,13-16H2,1-3H3/t22-/m1/s1. The van der Waals surface area contributed by atoms with Gasteiger partial charge in [-0.05, 0) is 23.6 Å². The highest BCUT2D eigenvalue weighted by molar-refractivity contribution is 6.09. The third kappa shape index (κ3) is 3.60. The van der Waals surface area contributed by atoms with Crippen molar-refractivity contribution in [2.45, 2.75) is 18.3 Å². The first kappa shape index (κ1) is 19.1. The summed E-state index contributed by atoms with van der Waals surface area (Å²) in [5.74, 6) is -0.0810. The molecule has 1 aliphatic rings. The number of methoxy groups -OCH3 is 1. The van der Waals surface area contributed by atoms with Gasteiger partial charge in [0.2, 0.25) is 11.8 Å². The lowest BCUT2D eigenvalue weighted by Crippen LogP contribution is -2.45. The minimum absolute atomic E-state index is 0.0268. The van der Waals surface area contributed by atoms with E-state index in [0.29, 0.717) is 19.6 Å². The van der Waals surface area contributed by atoms with E-state index in [1.54, 1.807) is 31.0 Å². The molecular formula is C22H26N2O3. The normalized spacial score (nSPS) is 18.5. The average Bonchev–Trinajstić information content (AvgIpc) is 2.89. The Labute approximate surface area is 160 Å². The second-order valence-corrected chi connectivity index (χ2v) is 7.11. The van der Waals surface area contributed by atoms with Crippen molar-refractivity contribution < 1.29 is 14.3 Å². The first-order chi connectivity index (χ1) is 13.0. The van der Waals surface area contributed by atoms with Crippen LogP contribution in [-0.4, -0.2) is 51.1 Å². The van der Waals surface area contributed by atoms with Crippen LogP contribution in [0.1, 0.15) is 17.5 Å². The van der Waals surface area contributed by atoms with Crippen LogP contribution in [0.3, 0.4) is 0 Å². The smallest absolute Gasteiger partial charge is 0.238 e. The number of rotatable bonds is 7. The Morgan fingerprint density at radius 2 is 1.78 bits per heavy atom. The monoisotopic (exact) mass is 366 g/mol. The van der Waals surface area contributed by atoms with Gasteiger partial charge in [-0.25, -0.2) is 0 Å². The molecule has 0 fully saturated rings. The van der Waals surface area contributed by atoms with E-state index < -0.39 is 5.41 Å². The number of carbonyl (C=O) groups is 2. The third-order valence-corrected chi connectivity index (χ3v) is 5.35. The summed E-state index contributed by atoms with van der Waals surface area (Å²) in [6.45, 7) is 0.973. The second-order valence-electron chi connectivity index (χ2n) is 7.11. The highest BCUT2D eigenvalue weighted by Gasteiger charge is 2.51. The van der Waals surface area contributed by atoms with Gasteiger partial charge in [0.25, 0.3) is 0 Å². The fraction of sp³-hybridized carbons (Fsp3) is 0.364. The van der Waals surface area contributed by atoms with E-state index >= 15 is 0 Å². The quantitative estimate of drug-likeness (QED) is 0.757. The number of likely N-dealkylation sites (N-methyl/N-ethyl adjacent to an activating group) is 2. The van der Waals surface area contributed by atoms with E-state index in [2.05, 4.69) is 0 Å². The Morgan fingerprint density at radius 1 is 1.11 bits per heavy atom. The summed E-state index contributed by atoms with van der Waals surface area (Å²) >= 11 is 0. The first-order valence-electron chi connectivity index (χ1n) is 9.14. The Bertz CT molecular complexity index is 821. The summed E-state index contributed by atoms with van der Waals surface area (Å²) in [4.78, 5) is 29.7. The molecule has 27 heavy (non-hydrogen) atoms. The zero-order valence-corrected chi connectivity index (χ0v) is 16.1. The SMILES string of the molecule is COCCN(C)C(=O)C[C@@]1(Cc2ccccc2)C(=O)N(C)c2ccccc21. The third-order valence-electron chi connectivity index (χ3n) is 5.35. The molecule has 0 spiro atoms. The van der Waals surface area contributed by atoms with Gasteiger partial charge in [-0.3, -0.25) is 9.59 Å². The topological polar surface area (TPSA) is 49.9 Å². The van der Waals surface area contributed by atoms with Crippen molar-refractivity contribution in [3.63, 3.8) is 0 Å². The summed E-state index contributed by atoms with van der Waals surface area (Å²) < 4.78 is 5.08. The van der Waals surface area contributed by atoms with Crippen molar-refractivity contribution in [1.82, 2.24) is 4.90 Å². The number of benzene rings is 2. The molecule has 0 bridgehead atoms. The molecule has 0 radical (unpaired) electrons. The number of carbonyl (C=O) groups excluding carboxylic acids is 2. The Morgan fingerprint density at radius 3 is 2.48 bits per heavy atom. The predicted molar refractivity (Wildman–Crippen MR) is 106 cm³/mol. The van der Waals surface area contributed by atoms with E-state index in [1.165, 1.54) is 0 Å². The van der Waals surface area contributed by atoms with Crippen molar-refractivity contribution in [2.75, 3.05) is 39.3 Å². The zero-order valence-electron chi connectivity index (χ0n) is 16.1. The molecule has 0 aliphatic carbocycles. The minimum Gasteiger partial charge on any atom is -0.383 e. The molecule has 5 nitrogen and oxygen atoms in total. The molecule has 0 unspecified atom stereocenters. The number of para-hydroxylation sites is 1. The summed E-state index contributed by atoms with van der Waals surface area (Å²) in [7, 11) is 5.15. The number of nitrogens with zero attached hydrogens (tertiary/aromatic N) is 2. The van der Waals surface area contributed by atoms with Gasteiger partial charge in [-0.15, -0.1) is 0 Å². The summed E-state index contributed by atoms with van der Waals surface area (Å²) in [6.07, 6.45) is 0.639. The van der Waals surface area contributed by atoms with Gasteiger partial charge < -0.3 is 14.5 Å². The molecule has 1 aliphatic heterocycles. The van der Waals surface area contributed by atoms with Crippen LogP contribution in [0.5, 0.6) is 0 Å². The molecule has 1 atom stereocenters. The Balaban J connectivity index is 2.00. The van der Waals surface area contributed by atoms with Crippen molar-refractivity contribution >= 4 is 17.5 Å². The van der Waals surface area contributed by atoms with Crippen LogP contribution >= 0.6 is 0 Å². The van der Waals surface area contributed by atoms with Gasteiger partial charge >= 0.3 is 0 Å². The first-order valence-corrected chi connectivity index (χ1v) is 9.14. The van der Waals surface area contributed by atoms with Crippen molar-refractivity contribution in [2.24, 2.45) is 0 Å². The van der Waals surface area contributed by atoms with Gasteiger partial charge in [-0.1, -0.05) is 48.5 Å². The van der Waals surface area contributed by atoms with Crippen LogP contribution in [-0.2, 0) is 26.2 Å². The highest BCUT2D eigenvalue weighted by Crippen LogP contribution is 2.45. The number of amides is 2. The Hall–Kier alpha value is -2.66. The maximum atomic E-state index is 13.4. The van der Waals surface area contributed by atoms with Crippen LogP contribution in [0, 0.1) is 0 Å². The van der Waals surface area contributed by atoms with E-state index in [9.17, 15) is 9.59 Å². The summed E-state index contributed by atoms with van der Waals surface area (Å²) in [5, 5.41) is 0. The molecule has 3 rings (SSSR count). The summed E-state index contributed by atoms with van der Waals surface area (Å²) in [5.41, 5.74) is 1.97. The molecule has 5 heteroatoms. The fourth-order valence-electron chi connectivity index (χ4n) is 3.81. The van der Waals surface area contributed by atoms with Crippen LogP contribution in [0.2, 0.25) is 0 Å². The lowest BCUT2D eigenvalue weighted by Gasteiger charge is -2.30. The zero-order chi connectivity index (χ0) is 19.4. The molecule has 0 N–H and O–H groups in total. The van der Waals surface area contributed by atoms with Gasteiger partial charge in [0.1, 0.15) is 0 Å². The van der Waals surface area contributed by atoms with E-state index in [4.69, 9.17) is 4.74 Å². The van der Waals surface area contributed by atoms with Gasteiger partial charge in [0.15, 0.2) is 0 Å². The number of hydrogen-bond donors (Lipinski definition) is 0. The largest absolute Gasteiger partial charge is 0.383 e. The molecule has 0 aromatic heterocycles. The molecule has 1 heterocycles. The van der Waals surface area contributed by atoms with Crippen LogP contribution < -0.4 is 4.90 Å². The lowest BCUT2D eigenvalue weighted by atomic mass is 9.73. The molecule has 0 saturated heterocycles. The molecule has 142 valence electrons. The molecule has 2 aromatic carbocycles.